The minimum absolute atomic E-state index is 0.0421. The average Bonchev–Trinajstić information content (AvgIpc) is 3.20. The van der Waals surface area contributed by atoms with Gasteiger partial charge in [0, 0.05) is 36.7 Å². The SMILES string of the molecule is CC[C@@H]1C(O)C(O[C@H]2C(N)CC(NC(=O)OCc3ccc([N+](=O)[O-])cc3)[C@@H](O[C@H]3OC(CNC(=O)C(F)(F)F)=CC[C@H]3NC(C)=O)[C@@H]2O)OC[C@]1(C)O.CCc1ccc(N)cc1. The number of nitrogens with zero attached hydrogens (tertiary/aromatic N) is 1. The summed E-state index contributed by atoms with van der Waals surface area (Å²) in [6, 6.07) is 10.00. The zero-order chi connectivity index (χ0) is 45.9. The van der Waals surface area contributed by atoms with Gasteiger partial charge in [0.1, 0.15) is 36.8 Å². The Morgan fingerprint density at radius 1 is 0.968 bits per heavy atom. The number of rotatable bonds is 13. The molecule has 19 nitrogen and oxygen atoms in total. The third kappa shape index (κ3) is 13.7. The number of non-ortho nitro benzene ring substituents is 1. The molecule has 0 bridgehead atoms. The van der Waals surface area contributed by atoms with Crippen LogP contribution in [0.25, 0.3) is 0 Å². The highest BCUT2D eigenvalue weighted by molar-refractivity contribution is 5.81. The molecular weight excluding hydrogens is 829 g/mol. The van der Waals surface area contributed by atoms with Crippen molar-refractivity contribution in [2.45, 2.75) is 127 Å². The average molecular weight is 885 g/mol. The molecule has 5 rings (SSSR count). The minimum Gasteiger partial charge on any atom is -0.465 e. The van der Waals surface area contributed by atoms with Gasteiger partial charge >= 0.3 is 18.2 Å². The van der Waals surface area contributed by atoms with E-state index in [1.807, 2.05) is 12.1 Å². The zero-order valence-corrected chi connectivity index (χ0v) is 34.6. The third-order valence-electron chi connectivity index (χ3n) is 10.5. The molecule has 2 aliphatic heterocycles. The van der Waals surface area contributed by atoms with Crippen molar-refractivity contribution in [3.8, 4) is 0 Å². The molecule has 3 aliphatic rings. The van der Waals surface area contributed by atoms with Gasteiger partial charge in [-0.25, -0.2) is 4.79 Å². The summed E-state index contributed by atoms with van der Waals surface area (Å²) < 4.78 is 67.3. The quantitative estimate of drug-likeness (QED) is 0.0813. The van der Waals surface area contributed by atoms with Crippen molar-refractivity contribution in [1.29, 1.82) is 0 Å². The number of ether oxygens (including phenoxy) is 5. The van der Waals surface area contributed by atoms with Gasteiger partial charge in [-0.15, -0.1) is 0 Å². The smallest absolute Gasteiger partial charge is 0.465 e. The van der Waals surface area contributed by atoms with Crippen LogP contribution >= 0.6 is 0 Å². The molecule has 344 valence electrons. The number of benzene rings is 2. The number of alkyl halides is 3. The molecule has 2 aromatic rings. The summed E-state index contributed by atoms with van der Waals surface area (Å²) in [5.74, 6) is -3.60. The first-order valence-electron chi connectivity index (χ1n) is 19.9. The fraction of sp³-hybridized carbons (Fsp3) is 0.575. The predicted molar refractivity (Wildman–Crippen MR) is 213 cm³/mol. The number of anilines is 1. The Bertz CT molecular complexity index is 1850. The second-order valence-electron chi connectivity index (χ2n) is 15.4. The van der Waals surface area contributed by atoms with Crippen molar-refractivity contribution < 1.29 is 71.5 Å². The maximum absolute atomic E-state index is 13.0. The number of amides is 3. The number of aliphatic hydroxyl groups excluding tert-OH is 2. The highest BCUT2D eigenvalue weighted by Gasteiger charge is 2.52. The van der Waals surface area contributed by atoms with Crippen LogP contribution in [0.5, 0.6) is 0 Å². The molecule has 0 radical (unpaired) electrons. The maximum Gasteiger partial charge on any atom is 0.471 e. The van der Waals surface area contributed by atoms with E-state index in [0.717, 1.165) is 12.1 Å². The molecule has 1 saturated carbocycles. The number of alkyl carbamates (subject to hydrolysis) is 1. The lowest BCUT2D eigenvalue weighted by molar-refractivity contribution is -0.384. The van der Waals surface area contributed by atoms with Crippen LogP contribution in [0.2, 0.25) is 0 Å². The molecule has 10 N–H and O–H groups in total. The van der Waals surface area contributed by atoms with Crippen molar-refractivity contribution in [1.82, 2.24) is 16.0 Å². The van der Waals surface area contributed by atoms with E-state index < -0.39 is 102 Å². The van der Waals surface area contributed by atoms with Crippen LogP contribution in [0.15, 0.2) is 60.4 Å². The molecular formula is C40H55F3N6O13. The second kappa shape index (κ2) is 21.8. The van der Waals surface area contributed by atoms with Gasteiger partial charge in [-0.2, -0.15) is 13.2 Å². The Kier molecular flexibility index (Phi) is 17.4. The van der Waals surface area contributed by atoms with Gasteiger partial charge in [-0.05, 0) is 74.1 Å². The van der Waals surface area contributed by atoms with Gasteiger partial charge in [0.05, 0.1) is 35.8 Å². The molecule has 2 aromatic carbocycles. The third-order valence-corrected chi connectivity index (χ3v) is 10.5. The summed E-state index contributed by atoms with van der Waals surface area (Å²) in [5.41, 5.74) is 12.9. The van der Waals surface area contributed by atoms with Crippen molar-refractivity contribution in [2.24, 2.45) is 11.7 Å². The first-order chi connectivity index (χ1) is 29.1. The van der Waals surface area contributed by atoms with Crippen molar-refractivity contribution in [2.75, 3.05) is 18.9 Å². The number of hydrogen-bond acceptors (Lipinski definition) is 15. The Hall–Kier alpha value is -5.10. The van der Waals surface area contributed by atoms with Crippen molar-refractivity contribution >= 4 is 29.3 Å². The Morgan fingerprint density at radius 2 is 1.60 bits per heavy atom. The predicted octanol–water partition coefficient (Wildman–Crippen LogP) is 2.19. The van der Waals surface area contributed by atoms with E-state index in [4.69, 9.17) is 35.2 Å². The molecule has 3 amide bonds. The van der Waals surface area contributed by atoms with E-state index in [9.17, 15) is 53.0 Å². The number of nitrogens with two attached hydrogens (primary N) is 2. The number of hydrogen-bond donors (Lipinski definition) is 8. The molecule has 0 spiro atoms. The summed E-state index contributed by atoms with van der Waals surface area (Å²) in [4.78, 5) is 46.9. The van der Waals surface area contributed by atoms with E-state index >= 15 is 0 Å². The highest BCUT2D eigenvalue weighted by Crippen LogP contribution is 2.36. The van der Waals surface area contributed by atoms with Crippen LogP contribution in [-0.4, -0.2) is 118 Å². The number of carbonyl (C=O) groups is 3. The zero-order valence-electron chi connectivity index (χ0n) is 34.6. The van der Waals surface area contributed by atoms with Crippen LogP contribution in [0.3, 0.4) is 0 Å². The number of halogens is 3. The van der Waals surface area contributed by atoms with E-state index in [0.29, 0.717) is 12.0 Å². The summed E-state index contributed by atoms with van der Waals surface area (Å²) in [7, 11) is 0. The van der Waals surface area contributed by atoms with Gasteiger partial charge in [0.2, 0.25) is 12.2 Å². The van der Waals surface area contributed by atoms with Crippen LogP contribution in [0.4, 0.5) is 29.3 Å². The fourth-order valence-electron chi connectivity index (χ4n) is 7.21. The molecule has 22 heteroatoms. The van der Waals surface area contributed by atoms with Gasteiger partial charge in [0.15, 0.2) is 6.29 Å². The van der Waals surface area contributed by atoms with E-state index in [1.54, 1.807) is 12.2 Å². The lowest BCUT2D eigenvalue weighted by atomic mass is 9.80. The lowest BCUT2D eigenvalue weighted by Gasteiger charge is -2.48. The molecule has 0 aromatic heterocycles. The Balaban J connectivity index is 0.000000831. The van der Waals surface area contributed by atoms with E-state index in [2.05, 4.69) is 29.7 Å². The number of nitro groups is 1. The van der Waals surface area contributed by atoms with E-state index in [-0.39, 0.29) is 37.5 Å². The molecule has 62 heavy (non-hydrogen) atoms. The van der Waals surface area contributed by atoms with Gasteiger partial charge < -0.3 is 66.4 Å². The minimum atomic E-state index is -5.17. The molecule has 2 fully saturated rings. The summed E-state index contributed by atoms with van der Waals surface area (Å²) in [6.45, 7) is 5.34. The molecule has 1 aliphatic carbocycles. The number of nitrogens with one attached hydrogen (secondary N) is 3. The lowest BCUT2D eigenvalue weighted by Crippen LogP contribution is -2.67. The molecule has 11 atom stereocenters. The van der Waals surface area contributed by atoms with Gasteiger partial charge in [-0.3, -0.25) is 19.7 Å². The summed E-state index contributed by atoms with van der Waals surface area (Å²) >= 11 is 0. The molecule has 4 unspecified atom stereocenters. The Morgan fingerprint density at radius 3 is 2.18 bits per heavy atom. The number of aliphatic hydroxyl groups is 3. The van der Waals surface area contributed by atoms with E-state index in [1.165, 1.54) is 49.8 Å². The summed E-state index contributed by atoms with van der Waals surface area (Å²) in [6.07, 6.45) is -12.4. The van der Waals surface area contributed by atoms with Crippen LogP contribution in [0, 0.1) is 16.0 Å². The molecule has 2 heterocycles. The highest BCUT2D eigenvalue weighted by atomic mass is 19.4. The van der Waals surface area contributed by atoms with Crippen LogP contribution in [-0.2, 0) is 46.3 Å². The van der Waals surface area contributed by atoms with Crippen molar-refractivity contribution in [3.63, 3.8) is 0 Å². The maximum atomic E-state index is 13.0. The fourth-order valence-corrected chi connectivity index (χ4v) is 7.21. The summed E-state index contributed by atoms with van der Waals surface area (Å²) in [5, 5.41) is 51.2. The first-order valence-corrected chi connectivity index (χ1v) is 19.9. The van der Waals surface area contributed by atoms with Gasteiger partial charge in [-0.1, -0.05) is 26.0 Å². The van der Waals surface area contributed by atoms with Gasteiger partial charge in [0.25, 0.3) is 5.69 Å². The monoisotopic (exact) mass is 884 g/mol. The topological polar surface area (TPSA) is 289 Å². The first kappa shape index (κ1) is 49.6. The normalized spacial score (nSPS) is 29.7. The standard InChI is InChI=1S/C32H44F3N5O13.C8H11N/c1-4-19-23(42)28(50-14-31(19,3)46)52-25-20(36)11-22(39-30(45)49-13-16-5-7-17(8-6-16)40(47)48)26(24(25)43)53-27-21(38-15(2)41)10-9-18(51-27)12-37-29(44)32(33,34)35;1-2-7-3-5-8(9)6-4-7/h5-9,19-28,42-43,46H,4,10-14,36H2,1-3H3,(H,37,44)(H,38,41)(H,39,45);3-6H,2,9H2,1H3/t19-,20?,21-,22?,23?,24-,25+,26-,27-,28?,31+;/m1./s1. The Labute approximate surface area is 355 Å². The number of nitrogen functional groups attached to an aromatic ring is 1. The van der Waals surface area contributed by atoms with Crippen LogP contribution in [0.1, 0.15) is 58.1 Å². The van der Waals surface area contributed by atoms with Crippen LogP contribution < -0.4 is 27.4 Å². The second-order valence-corrected chi connectivity index (χ2v) is 15.4. The molecule has 1 saturated heterocycles. The number of carbonyl (C=O) groups excluding carboxylic acids is 3. The van der Waals surface area contributed by atoms with Crippen molar-refractivity contribution in [3.05, 3.63) is 81.6 Å². The largest absolute Gasteiger partial charge is 0.471 e. The number of nitro benzene ring substituents is 1. The number of aryl methyl sites for hydroxylation is 1.